The first kappa shape index (κ1) is 24.5. The molecule has 1 aromatic heterocycles. The summed E-state index contributed by atoms with van der Waals surface area (Å²) in [6.45, 7) is 3.94. The van der Waals surface area contributed by atoms with Gasteiger partial charge in [-0.25, -0.2) is 9.59 Å². The maximum Gasteiger partial charge on any atom is 0.347 e. The van der Waals surface area contributed by atoms with Crippen LogP contribution in [0.25, 0.3) is 10.8 Å². The van der Waals surface area contributed by atoms with Crippen LogP contribution >= 0.6 is 0 Å². The van der Waals surface area contributed by atoms with Gasteiger partial charge in [0.15, 0.2) is 11.6 Å². The fraction of sp³-hybridized carbons (Fsp3) is 0.345. The van der Waals surface area contributed by atoms with E-state index in [1.165, 1.54) is 19.2 Å². The SMILES string of the molecule is CO[C@@]12c3c(C)cc(O)c4c(=O)occ(c34)C(=O)[C@H]1[C@@]13COC(=O)c4c(O)cc(C)c(c41)C(=O)[C@@H]2[C@@H]3OC(C)=O. The van der Waals surface area contributed by atoms with Crippen molar-refractivity contribution in [2.24, 2.45) is 11.8 Å². The number of phenols is 2. The zero-order valence-electron chi connectivity index (χ0n) is 21.7. The van der Waals surface area contributed by atoms with Gasteiger partial charge in [-0.3, -0.25) is 14.4 Å². The minimum atomic E-state index is -1.83. The van der Waals surface area contributed by atoms with Gasteiger partial charge in [0, 0.05) is 25.0 Å². The molecule has 11 nitrogen and oxygen atoms in total. The molecule has 2 N–H and O–H groups in total. The lowest BCUT2D eigenvalue weighted by Crippen LogP contribution is -2.57. The van der Waals surface area contributed by atoms with Gasteiger partial charge in [-0.2, -0.15) is 0 Å². The summed E-state index contributed by atoms with van der Waals surface area (Å²) in [7, 11) is 1.31. The van der Waals surface area contributed by atoms with Crippen LogP contribution in [0, 0.1) is 25.7 Å². The molecule has 0 unspecified atom stereocenters. The van der Waals surface area contributed by atoms with Crippen molar-refractivity contribution in [1.82, 2.24) is 0 Å². The number of benzene rings is 2. The summed E-state index contributed by atoms with van der Waals surface area (Å²) < 4.78 is 22.8. The number of hydrogen-bond acceptors (Lipinski definition) is 11. The Morgan fingerprint density at radius 3 is 2.35 bits per heavy atom. The van der Waals surface area contributed by atoms with Crippen LogP contribution in [0.5, 0.6) is 11.5 Å². The monoisotopic (exact) mass is 546 g/mol. The second-order valence-corrected chi connectivity index (χ2v) is 10.9. The number of aryl methyl sites for hydroxylation is 2. The highest BCUT2D eigenvalue weighted by molar-refractivity contribution is 6.19. The van der Waals surface area contributed by atoms with E-state index in [4.69, 9.17) is 18.6 Å². The van der Waals surface area contributed by atoms with Gasteiger partial charge in [-0.1, -0.05) is 0 Å². The molecule has 0 radical (unpaired) electrons. The van der Waals surface area contributed by atoms with E-state index < -0.39 is 76.2 Å². The predicted octanol–water partition coefficient (Wildman–Crippen LogP) is 2.34. The molecule has 4 aliphatic rings. The average molecular weight is 546 g/mol. The number of carbonyl (C=O) groups is 4. The largest absolute Gasteiger partial charge is 0.507 e. The van der Waals surface area contributed by atoms with Gasteiger partial charge in [0.25, 0.3) is 0 Å². The van der Waals surface area contributed by atoms with Crippen LogP contribution in [-0.2, 0) is 30.0 Å². The van der Waals surface area contributed by atoms with E-state index in [0.717, 1.165) is 13.2 Å². The molecule has 3 aliphatic carbocycles. The van der Waals surface area contributed by atoms with Gasteiger partial charge in [0.1, 0.15) is 47.0 Å². The molecule has 1 aliphatic heterocycles. The molecule has 1 saturated carbocycles. The molecule has 1 spiro atoms. The normalized spacial score (nSPS) is 29.2. The lowest BCUT2D eigenvalue weighted by molar-refractivity contribution is -0.154. The molecule has 2 bridgehead atoms. The number of fused-ring (bicyclic) bond motifs is 4. The zero-order chi connectivity index (χ0) is 28.6. The van der Waals surface area contributed by atoms with Crippen molar-refractivity contribution in [2.75, 3.05) is 13.7 Å². The molecular formula is C29H22O11. The van der Waals surface area contributed by atoms with Gasteiger partial charge >= 0.3 is 17.6 Å². The van der Waals surface area contributed by atoms with Crippen molar-refractivity contribution >= 4 is 34.3 Å². The van der Waals surface area contributed by atoms with E-state index in [2.05, 4.69) is 0 Å². The first-order valence-electron chi connectivity index (χ1n) is 12.6. The Morgan fingerprint density at radius 2 is 1.68 bits per heavy atom. The van der Waals surface area contributed by atoms with Crippen LogP contribution in [0.15, 0.2) is 27.6 Å². The van der Waals surface area contributed by atoms with E-state index in [1.54, 1.807) is 13.8 Å². The topological polar surface area (TPSA) is 167 Å². The fourth-order valence-corrected chi connectivity index (χ4v) is 8.08. The van der Waals surface area contributed by atoms with E-state index >= 15 is 0 Å². The number of aromatic hydroxyl groups is 2. The van der Waals surface area contributed by atoms with Crippen LogP contribution in [-0.4, -0.2) is 53.5 Å². The molecule has 204 valence electrons. The molecule has 3 aromatic rings. The smallest absolute Gasteiger partial charge is 0.347 e. The van der Waals surface area contributed by atoms with Gasteiger partial charge in [0.2, 0.25) is 0 Å². The Kier molecular flexibility index (Phi) is 4.51. The van der Waals surface area contributed by atoms with Crippen molar-refractivity contribution in [3.8, 4) is 11.5 Å². The summed E-state index contributed by atoms with van der Waals surface area (Å²) in [6, 6.07) is 2.61. The Hall–Kier alpha value is -4.51. The van der Waals surface area contributed by atoms with E-state index in [1.807, 2.05) is 0 Å². The van der Waals surface area contributed by atoms with Gasteiger partial charge in [-0.15, -0.1) is 0 Å². The average Bonchev–Trinajstić information content (AvgIpc) is 3.06. The first-order chi connectivity index (χ1) is 18.9. The first-order valence-corrected chi connectivity index (χ1v) is 12.6. The number of rotatable bonds is 2. The summed E-state index contributed by atoms with van der Waals surface area (Å²) in [5, 5.41) is 21.5. The molecule has 11 heteroatoms. The number of cyclic esters (lactones) is 1. The number of carbonyl (C=O) groups excluding carboxylic acids is 4. The molecule has 0 amide bonds. The maximum absolute atomic E-state index is 14.6. The maximum atomic E-state index is 14.6. The molecule has 7 rings (SSSR count). The van der Waals surface area contributed by atoms with Gasteiger partial charge in [0.05, 0.1) is 22.8 Å². The third kappa shape index (κ3) is 2.40. The number of phenolic OH excluding ortho intramolecular Hbond substituents is 2. The standard InChI is InChI=1S/C29H22O11/c1-9-5-14(32)18-20-15(9)23(34)21-25(40-11(3)30)28(20,8-39-27(18)36)24-22(33)12-7-38-26(35)17-13(31)6-10(2)19(16(12)17)29(21,24)37-4/h5-7,21,24-25,31-32H,8H2,1-4H3/t21-,24+,25+,28-,29-/m1/s1. The van der Waals surface area contributed by atoms with E-state index in [-0.39, 0.29) is 38.6 Å². The second kappa shape index (κ2) is 7.36. The van der Waals surface area contributed by atoms with Crippen LogP contribution in [0.1, 0.15) is 60.3 Å². The minimum absolute atomic E-state index is 0.0471. The molecule has 0 saturated heterocycles. The number of hydrogen-bond donors (Lipinski definition) is 2. The van der Waals surface area contributed by atoms with Crippen molar-refractivity contribution in [3.63, 3.8) is 0 Å². The number of ether oxygens (including phenoxy) is 3. The summed E-state index contributed by atoms with van der Waals surface area (Å²) in [4.78, 5) is 67.6. The Morgan fingerprint density at radius 1 is 0.975 bits per heavy atom. The predicted molar refractivity (Wildman–Crippen MR) is 134 cm³/mol. The summed E-state index contributed by atoms with van der Waals surface area (Å²) in [5.74, 6) is -6.33. The van der Waals surface area contributed by atoms with Crippen LogP contribution in [0.3, 0.4) is 0 Å². The Bertz CT molecular complexity index is 1850. The molecule has 5 atom stereocenters. The summed E-state index contributed by atoms with van der Waals surface area (Å²) in [6.07, 6.45) is -0.353. The van der Waals surface area contributed by atoms with E-state index in [9.17, 15) is 34.2 Å². The van der Waals surface area contributed by atoms with Crippen LogP contribution in [0.2, 0.25) is 0 Å². The highest BCUT2D eigenvalue weighted by Gasteiger charge is 2.80. The number of methoxy groups -OCH3 is 1. The number of ketones is 2. The Labute approximate surface area is 225 Å². The molecule has 2 heterocycles. The highest BCUT2D eigenvalue weighted by atomic mass is 16.6. The molecule has 1 fully saturated rings. The zero-order valence-corrected chi connectivity index (χ0v) is 21.7. The van der Waals surface area contributed by atoms with Gasteiger partial charge < -0.3 is 28.8 Å². The highest BCUT2D eigenvalue weighted by Crippen LogP contribution is 2.70. The third-order valence-electron chi connectivity index (χ3n) is 9.17. The van der Waals surface area contributed by atoms with Gasteiger partial charge in [-0.05, 0) is 48.2 Å². The Balaban J connectivity index is 1.73. The minimum Gasteiger partial charge on any atom is -0.507 e. The third-order valence-corrected chi connectivity index (χ3v) is 9.17. The lowest BCUT2D eigenvalue weighted by Gasteiger charge is -2.47. The van der Waals surface area contributed by atoms with Crippen molar-refractivity contribution in [3.05, 3.63) is 67.8 Å². The van der Waals surface area contributed by atoms with Crippen molar-refractivity contribution < 1.29 is 48.0 Å². The number of esters is 2. The van der Waals surface area contributed by atoms with Crippen molar-refractivity contribution in [2.45, 2.75) is 37.9 Å². The quantitative estimate of drug-likeness (QED) is 0.453. The van der Waals surface area contributed by atoms with Crippen molar-refractivity contribution in [1.29, 1.82) is 0 Å². The molecular weight excluding hydrogens is 524 g/mol. The lowest BCUT2D eigenvalue weighted by atomic mass is 9.59. The van der Waals surface area contributed by atoms with Crippen LogP contribution < -0.4 is 5.63 Å². The molecule has 40 heavy (non-hydrogen) atoms. The summed E-state index contributed by atoms with van der Waals surface area (Å²) in [5.41, 5.74) is -3.47. The number of Topliss-reactive ketones (excluding diaryl/α,β-unsaturated/α-hetero) is 2. The summed E-state index contributed by atoms with van der Waals surface area (Å²) >= 11 is 0. The molecule has 2 aromatic carbocycles. The second-order valence-electron chi connectivity index (χ2n) is 10.9. The van der Waals surface area contributed by atoms with Crippen LogP contribution in [0.4, 0.5) is 0 Å². The van der Waals surface area contributed by atoms with E-state index in [0.29, 0.717) is 11.1 Å². The fourth-order valence-electron chi connectivity index (χ4n) is 8.08.